The molecule has 0 aliphatic carbocycles. The van der Waals surface area contributed by atoms with E-state index in [1.165, 1.54) is 0 Å². The van der Waals surface area contributed by atoms with Crippen molar-refractivity contribution >= 4 is 9.84 Å². The van der Waals surface area contributed by atoms with E-state index in [2.05, 4.69) is 0 Å². The van der Waals surface area contributed by atoms with Crippen LogP contribution in [0.25, 0.3) is 0 Å². The summed E-state index contributed by atoms with van der Waals surface area (Å²) in [6, 6.07) is 6.81. The second-order valence-corrected chi connectivity index (χ2v) is 4.55. The van der Waals surface area contributed by atoms with Crippen molar-refractivity contribution in [3.8, 4) is 0 Å². The van der Waals surface area contributed by atoms with Gasteiger partial charge in [0.05, 0.1) is 4.90 Å². The normalized spacial score (nSPS) is 11.5. The van der Waals surface area contributed by atoms with E-state index in [4.69, 9.17) is 5.73 Å². The van der Waals surface area contributed by atoms with Gasteiger partial charge in [-0.05, 0) is 18.6 Å². The Morgan fingerprint density at radius 2 is 1.92 bits per heavy atom. The van der Waals surface area contributed by atoms with Gasteiger partial charge in [0.2, 0.25) is 0 Å². The summed E-state index contributed by atoms with van der Waals surface area (Å²) >= 11 is 0. The molecule has 4 heteroatoms. The summed E-state index contributed by atoms with van der Waals surface area (Å²) in [5.41, 5.74) is 5.86. The van der Waals surface area contributed by atoms with Crippen molar-refractivity contribution in [1.29, 1.82) is 0 Å². The van der Waals surface area contributed by atoms with E-state index in [1.54, 1.807) is 31.2 Å². The Hall–Kier alpha value is -0.870. The van der Waals surface area contributed by atoms with Crippen LogP contribution in [-0.4, -0.2) is 14.3 Å². The van der Waals surface area contributed by atoms with Crippen molar-refractivity contribution in [2.45, 2.75) is 11.8 Å². The Morgan fingerprint density at radius 3 is 2.42 bits per heavy atom. The summed E-state index contributed by atoms with van der Waals surface area (Å²) < 4.78 is 22.6. The topological polar surface area (TPSA) is 60.2 Å². The lowest BCUT2D eigenvalue weighted by Crippen LogP contribution is -2.15. The maximum absolute atomic E-state index is 11.3. The lowest BCUT2D eigenvalue weighted by atomic mass is 10.2. The molecule has 1 aromatic rings. The number of hydrogen-bond acceptors (Lipinski definition) is 3. The van der Waals surface area contributed by atoms with Gasteiger partial charge in [0.25, 0.3) is 0 Å². The lowest BCUT2D eigenvalue weighted by molar-refractivity contribution is 0.596. The largest absolute Gasteiger partial charge is 0.317 e. The minimum Gasteiger partial charge on any atom is -0.317 e. The highest BCUT2D eigenvalue weighted by molar-refractivity contribution is 7.91. The van der Waals surface area contributed by atoms with Gasteiger partial charge in [0.15, 0.2) is 9.84 Å². The summed E-state index contributed by atoms with van der Waals surface area (Å²) in [5, 5.41) is 0. The SMILES string of the molecule is Cc1ccccc1S(=O)(=O)CN. The first kappa shape index (κ1) is 9.22. The molecular formula is C8H11NO2S. The minimum absolute atomic E-state index is 0.326. The third-order valence-corrected chi connectivity index (χ3v) is 3.22. The molecule has 0 unspecified atom stereocenters. The quantitative estimate of drug-likeness (QED) is 0.737. The van der Waals surface area contributed by atoms with Gasteiger partial charge in [-0.2, -0.15) is 0 Å². The Labute approximate surface area is 72.1 Å². The van der Waals surface area contributed by atoms with Crippen molar-refractivity contribution in [1.82, 2.24) is 0 Å². The van der Waals surface area contributed by atoms with Gasteiger partial charge in [-0.25, -0.2) is 8.42 Å². The predicted octanol–water partition coefficient (Wildman–Crippen LogP) is 0.685. The van der Waals surface area contributed by atoms with Crippen LogP contribution in [0.3, 0.4) is 0 Å². The molecule has 1 aromatic carbocycles. The van der Waals surface area contributed by atoms with Gasteiger partial charge in [0.1, 0.15) is 5.88 Å². The molecule has 0 saturated heterocycles. The molecule has 2 N–H and O–H groups in total. The molecule has 12 heavy (non-hydrogen) atoms. The third-order valence-electron chi connectivity index (χ3n) is 1.65. The highest BCUT2D eigenvalue weighted by Crippen LogP contribution is 2.14. The number of hydrogen-bond donors (Lipinski definition) is 1. The highest BCUT2D eigenvalue weighted by atomic mass is 32.2. The molecular weight excluding hydrogens is 174 g/mol. The van der Waals surface area contributed by atoms with Crippen molar-refractivity contribution in [2.24, 2.45) is 5.73 Å². The van der Waals surface area contributed by atoms with E-state index >= 15 is 0 Å². The smallest absolute Gasteiger partial charge is 0.191 e. The maximum Gasteiger partial charge on any atom is 0.191 e. The van der Waals surface area contributed by atoms with Crippen LogP contribution in [0.1, 0.15) is 5.56 Å². The van der Waals surface area contributed by atoms with Gasteiger partial charge in [-0.3, -0.25) is 0 Å². The molecule has 0 aromatic heterocycles. The summed E-state index contributed by atoms with van der Waals surface area (Å²) in [7, 11) is -3.25. The lowest BCUT2D eigenvalue weighted by Gasteiger charge is -2.03. The van der Waals surface area contributed by atoms with Crippen molar-refractivity contribution in [2.75, 3.05) is 5.88 Å². The molecule has 0 amide bonds. The highest BCUT2D eigenvalue weighted by Gasteiger charge is 2.12. The fourth-order valence-electron chi connectivity index (χ4n) is 0.995. The summed E-state index contributed by atoms with van der Waals surface area (Å²) in [5.74, 6) is -0.335. The molecule has 0 aliphatic heterocycles. The van der Waals surface area contributed by atoms with Crippen LogP contribution in [0.4, 0.5) is 0 Å². The van der Waals surface area contributed by atoms with Crippen LogP contribution in [0.2, 0.25) is 0 Å². The Kier molecular flexibility index (Phi) is 2.49. The number of rotatable bonds is 2. The Morgan fingerprint density at radius 1 is 1.33 bits per heavy atom. The van der Waals surface area contributed by atoms with Crippen LogP contribution < -0.4 is 5.73 Å². The fraction of sp³-hybridized carbons (Fsp3) is 0.250. The molecule has 0 saturated carbocycles. The second kappa shape index (κ2) is 3.25. The first-order chi connectivity index (χ1) is 5.58. The minimum atomic E-state index is -3.25. The van der Waals surface area contributed by atoms with E-state index in [9.17, 15) is 8.42 Å². The third kappa shape index (κ3) is 1.65. The van der Waals surface area contributed by atoms with E-state index < -0.39 is 9.84 Å². The van der Waals surface area contributed by atoms with Crippen molar-refractivity contribution in [3.05, 3.63) is 29.8 Å². The molecule has 0 heterocycles. The van der Waals surface area contributed by atoms with Crippen molar-refractivity contribution in [3.63, 3.8) is 0 Å². The average Bonchev–Trinajstić information content (AvgIpc) is 2.05. The average molecular weight is 185 g/mol. The van der Waals surface area contributed by atoms with Crippen molar-refractivity contribution < 1.29 is 8.42 Å². The summed E-state index contributed by atoms with van der Waals surface area (Å²) in [6.45, 7) is 1.75. The van der Waals surface area contributed by atoms with E-state index in [0.717, 1.165) is 5.56 Å². The van der Waals surface area contributed by atoms with Crippen LogP contribution in [0.15, 0.2) is 29.2 Å². The van der Waals surface area contributed by atoms with Crippen LogP contribution >= 0.6 is 0 Å². The van der Waals surface area contributed by atoms with E-state index in [0.29, 0.717) is 4.90 Å². The van der Waals surface area contributed by atoms with Gasteiger partial charge < -0.3 is 5.73 Å². The first-order valence-corrected chi connectivity index (χ1v) is 5.21. The van der Waals surface area contributed by atoms with E-state index in [-0.39, 0.29) is 5.88 Å². The molecule has 66 valence electrons. The molecule has 0 spiro atoms. The molecule has 0 bridgehead atoms. The molecule has 0 aliphatic rings. The molecule has 3 nitrogen and oxygen atoms in total. The zero-order valence-electron chi connectivity index (χ0n) is 6.82. The zero-order chi connectivity index (χ0) is 9.19. The fourth-order valence-corrected chi connectivity index (χ4v) is 2.02. The van der Waals surface area contributed by atoms with Crippen LogP contribution in [-0.2, 0) is 9.84 Å². The molecule has 0 atom stereocenters. The molecule has 0 radical (unpaired) electrons. The van der Waals surface area contributed by atoms with Gasteiger partial charge >= 0.3 is 0 Å². The van der Waals surface area contributed by atoms with Crippen LogP contribution in [0.5, 0.6) is 0 Å². The Balaban J connectivity index is 3.30. The number of aryl methyl sites for hydroxylation is 1. The maximum atomic E-state index is 11.3. The second-order valence-electron chi connectivity index (χ2n) is 2.55. The van der Waals surface area contributed by atoms with Gasteiger partial charge in [0, 0.05) is 0 Å². The number of benzene rings is 1. The van der Waals surface area contributed by atoms with Gasteiger partial charge in [-0.1, -0.05) is 18.2 Å². The number of sulfone groups is 1. The van der Waals surface area contributed by atoms with Gasteiger partial charge in [-0.15, -0.1) is 0 Å². The van der Waals surface area contributed by atoms with E-state index in [1.807, 2.05) is 0 Å². The molecule has 0 fully saturated rings. The summed E-state index contributed by atoms with van der Waals surface area (Å²) in [6.07, 6.45) is 0. The zero-order valence-corrected chi connectivity index (χ0v) is 7.64. The predicted molar refractivity (Wildman–Crippen MR) is 47.4 cm³/mol. The monoisotopic (exact) mass is 185 g/mol. The Bertz CT molecular complexity index is 370. The summed E-state index contributed by atoms with van der Waals surface area (Å²) in [4.78, 5) is 0.326. The first-order valence-electron chi connectivity index (χ1n) is 3.56. The number of nitrogens with two attached hydrogens (primary N) is 1. The standard InChI is InChI=1S/C8H11NO2S/c1-7-4-2-3-5-8(7)12(10,11)6-9/h2-5H,6,9H2,1H3. The van der Waals surface area contributed by atoms with Crippen LogP contribution in [0, 0.1) is 6.92 Å². The molecule has 1 rings (SSSR count).